The van der Waals surface area contributed by atoms with Gasteiger partial charge in [-0.05, 0) is 53.9 Å². The van der Waals surface area contributed by atoms with E-state index < -0.39 is 0 Å². The van der Waals surface area contributed by atoms with Crippen LogP contribution in [0.25, 0.3) is 0 Å². The molecule has 0 spiro atoms. The van der Waals surface area contributed by atoms with Crippen LogP contribution in [0.15, 0.2) is 35.5 Å². The van der Waals surface area contributed by atoms with Crippen LogP contribution in [0.1, 0.15) is 53.9 Å². The Bertz CT molecular complexity index is 313. The minimum atomic E-state index is -0.00611. The van der Waals surface area contributed by atoms with E-state index in [1.165, 1.54) is 11.1 Å². The lowest BCUT2D eigenvalue weighted by Gasteiger charge is -2.11. The molecule has 0 heterocycles. The number of carbonyl (C=O) groups is 1. The average Bonchev–Trinajstić information content (AvgIpc) is 2.15. The van der Waals surface area contributed by atoms with Gasteiger partial charge >= 0.3 is 0 Å². The first-order chi connectivity index (χ1) is 7.84. The summed E-state index contributed by atoms with van der Waals surface area (Å²) in [7, 11) is 0. The molecule has 0 aliphatic heterocycles. The summed E-state index contributed by atoms with van der Waals surface area (Å²) >= 11 is 0. The number of carbonyl (C=O) groups excluding carboxylic acids is 1. The Morgan fingerprint density at radius 1 is 1.12 bits per heavy atom. The smallest absolute Gasteiger partial charge is 0.137 e. The molecule has 0 amide bonds. The zero-order valence-corrected chi connectivity index (χ0v) is 12.0. The molecule has 1 nitrogen and oxygen atoms in total. The molecule has 0 saturated carbocycles. The van der Waals surface area contributed by atoms with Gasteiger partial charge in [-0.1, -0.05) is 35.5 Å². The minimum Gasteiger partial charge on any atom is -0.299 e. The van der Waals surface area contributed by atoms with Crippen LogP contribution < -0.4 is 0 Å². The van der Waals surface area contributed by atoms with Gasteiger partial charge in [0, 0.05) is 5.92 Å². The monoisotopic (exact) mass is 234 g/mol. The highest BCUT2D eigenvalue weighted by atomic mass is 16.1. The number of hydrogen-bond acceptors (Lipinski definition) is 1. The topological polar surface area (TPSA) is 17.1 Å². The first-order valence-corrected chi connectivity index (χ1v) is 6.29. The fourth-order valence-electron chi connectivity index (χ4n) is 1.72. The summed E-state index contributed by atoms with van der Waals surface area (Å²) in [5.74, 6) is 0.208. The van der Waals surface area contributed by atoms with Crippen LogP contribution in [0.2, 0.25) is 0 Å². The zero-order valence-electron chi connectivity index (χ0n) is 12.0. The van der Waals surface area contributed by atoms with E-state index in [-0.39, 0.29) is 11.7 Å². The van der Waals surface area contributed by atoms with Crippen molar-refractivity contribution in [3.8, 4) is 0 Å². The molecule has 0 saturated heterocycles. The molecule has 0 fully saturated rings. The normalized spacial score (nSPS) is 13.1. The van der Waals surface area contributed by atoms with Gasteiger partial charge in [0.05, 0.1) is 0 Å². The number of ketones is 1. The molecule has 0 rings (SSSR count). The standard InChI is InChI=1S/C16H26O/c1-12(2)8-7-9-14(5)10-11-16(13(3)4)15(6)17/h8,10,16H,3,7,9,11H2,1-2,4-6H3/b14-10+. The molecule has 0 aromatic rings. The van der Waals surface area contributed by atoms with E-state index in [0.29, 0.717) is 0 Å². The van der Waals surface area contributed by atoms with Crippen molar-refractivity contribution in [3.05, 3.63) is 35.5 Å². The lowest BCUT2D eigenvalue weighted by Crippen LogP contribution is -2.10. The van der Waals surface area contributed by atoms with Crippen molar-refractivity contribution in [2.75, 3.05) is 0 Å². The highest BCUT2D eigenvalue weighted by Crippen LogP contribution is 2.17. The summed E-state index contributed by atoms with van der Waals surface area (Å²) < 4.78 is 0. The predicted octanol–water partition coefficient (Wildman–Crippen LogP) is 4.85. The van der Waals surface area contributed by atoms with Crippen LogP contribution >= 0.6 is 0 Å². The third kappa shape index (κ3) is 7.73. The van der Waals surface area contributed by atoms with Crippen LogP contribution in [0.4, 0.5) is 0 Å². The molecule has 0 aromatic heterocycles. The van der Waals surface area contributed by atoms with Crippen LogP contribution in [-0.2, 0) is 4.79 Å². The third-order valence-electron chi connectivity index (χ3n) is 2.88. The maximum atomic E-state index is 11.4. The molecular weight excluding hydrogens is 208 g/mol. The molecule has 1 unspecified atom stereocenters. The highest BCUT2D eigenvalue weighted by molar-refractivity contribution is 5.81. The van der Waals surface area contributed by atoms with Gasteiger partial charge < -0.3 is 0 Å². The minimum absolute atomic E-state index is 0.00611. The molecule has 0 bridgehead atoms. The lowest BCUT2D eigenvalue weighted by molar-refractivity contribution is -0.119. The second-order valence-electron chi connectivity index (χ2n) is 5.12. The Balaban J connectivity index is 4.25. The van der Waals surface area contributed by atoms with E-state index in [2.05, 4.69) is 39.5 Å². The molecule has 0 aliphatic carbocycles. The van der Waals surface area contributed by atoms with Crippen molar-refractivity contribution in [3.63, 3.8) is 0 Å². The van der Waals surface area contributed by atoms with Crippen LogP contribution in [-0.4, -0.2) is 5.78 Å². The summed E-state index contributed by atoms with van der Waals surface area (Å²) in [5, 5.41) is 0. The second-order valence-corrected chi connectivity index (χ2v) is 5.12. The van der Waals surface area contributed by atoms with Gasteiger partial charge in [0.15, 0.2) is 0 Å². The van der Waals surface area contributed by atoms with Crippen molar-refractivity contribution in [2.24, 2.45) is 5.92 Å². The van der Waals surface area contributed by atoms with Crippen molar-refractivity contribution in [1.29, 1.82) is 0 Å². The molecule has 1 heteroatoms. The first kappa shape index (κ1) is 15.9. The number of allylic oxidation sites excluding steroid dienone is 5. The summed E-state index contributed by atoms with van der Waals surface area (Å²) in [6.07, 6.45) is 7.39. The first-order valence-electron chi connectivity index (χ1n) is 6.29. The molecular formula is C16H26O. The van der Waals surface area contributed by atoms with E-state index in [9.17, 15) is 4.79 Å². The quantitative estimate of drug-likeness (QED) is 0.575. The predicted molar refractivity (Wildman–Crippen MR) is 76.0 cm³/mol. The van der Waals surface area contributed by atoms with Gasteiger partial charge in [0.1, 0.15) is 5.78 Å². The van der Waals surface area contributed by atoms with Crippen molar-refractivity contribution >= 4 is 5.78 Å². The Labute approximate surface area is 106 Å². The average molecular weight is 234 g/mol. The van der Waals surface area contributed by atoms with Gasteiger partial charge in [-0.15, -0.1) is 0 Å². The van der Waals surface area contributed by atoms with Gasteiger partial charge in [0.2, 0.25) is 0 Å². The van der Waals surface area contributed by atoms with Gasteiger partial charge in [0.25, 0.3) is 0 Å². The Kier molecular flexibility index (Phi) is 7.53. The Morgan fingerprint density at radius 2 is 1.71 bits per heavy atom. The molecule has 0 N–H and O–H groups in total. The molecule has 0 radical (unpaired) electrons. The van der Waals surface area contributed by atoms with E-state index in [1.807, 2.05) is 6.92 Å². The third-order valence-corrected chi connectivity index (χ3v) is 2.88. The molecule has 0 aromatic carbocycles. The van der Waals surface area contributed by atoms with E-state index >= 15 is 0 Å². The maximum absolute atomic E-state index is 11.4. The van der Waals surface area contributed by atoms with E-state index in [4.69, 9.17) is 0 Å². The Hall–Kier alpha value is -1.11. The van der Waals surface area contributed by atoms with Crippen molar-refractivity contribution in [2.45, 2.75) is 53.9 Å². The lowest BCUT2D eigenvalue weighted by atomic mass is 9.93. The van der Waals surface area contributed by atoms with Crippen LogP contribution in [0.5, 0.6) is 0 Å². The number of rotatable bonds is 7. The summed E-state index contributed by atoms with van der Waals surface area (Å²) in [4.78, 5) is 11.4. The molecule has 17 heavy (non-hydrogen) atoms. The van der Waals surface area contributed by atoms with Crippen molar-refractivity contribution < 1.29 is 4.79 Å². The fourth-order valence-corrected chi connectivity index (χ4v) is 1.72. The maximum Gasteiger partial charge on any atom is 0.137 e. The van der Waals surface area contributed by atoms with Gasteiger partial charge in [-0.3, -0.25) is 4.79 Å². The second kappa shape index (κ2) is 8.05. The van der Waals surface area contributed by atoms with Crippen LogP contribution in [0, 0.1) is 5.92 Å². The zero-order chi connectivity index (χ0) is 13.4. The molecule has 0 aliphatic rings. The summed E-state index contributed by atoms with van der Waals surface area (Å²) in [5.41, 5.74) is 3.68. The van der Waals surface area contributed by atoms with Gasteiger partial charge in [-0.2, -0.15) is 0 Å². The summed E-state index contributed by atoms with van der Waals surface area (Å²) in [6.45, 7) is 13.8. The van der Waals surface area contributed by atoms with Crippen LogP contribution in [0.3, 0.4) is 0 Å². The fraction of sp³-hybridized carbons (Fsp3) is 0.562. The van der Waals surface area contributed by atoms with E-state index in [1.54, 1.807) is 6.92 Å². The number of hydrogen-bond donors (Lipinski definition) is 0. The Morgan fingerprint density at radius 3 is 2.12 bits per heavy atom. The number of Topliss-reactive ketones (excluding diaryl/α,β-unsaturated/α-hetero) is 1. The molecule has 96 valence electrons. The summed E-state index contributed by atoms with van der Waals surface area (Å²) in [6, 6.07) is 0. The highest BCUT2D eigenvalue weighted by Gasteiger charge is 2.12. The molecule has 1 atom stereocenters. The van der Waals surface area contributed by atoms with E-state index in [0.717, 1.165) is 24.8 Å². The van der Waals surface area contributed by atoms with Crippen molar-refractivity contribution in [1.82, 2.24) is 0 Å². The van der Waals surface area contributed by atoms with Gasteiger partial charge in [-0.25, -0.2) is 0 Å². The SMILES string of the molecule is C=C(C)C(C/C=C(\C)CCC=C(C)C)C(C)=O. The largest absolute Gasteiger partial charge is 0.299 e.